The largest absolute Gasteiger partial charge is 0.340 e. The third-order valence-corrected chi connectivity index (χ3v) is 9.34. The number of allylic oxidation sites excluding steroid dienone is 2. The van der Waals surface area contributed by atoms with Gasteiger partial charge in [-0.3, -0.25) is 19.3 Å². The highest BCUT2D eigenvalue weighted by molar-refractivity contribution is 7.89. The van der Waals surface area contributed by atoms with Crippen LogP contribution in [0.1, 0.15) is 36.8 Å². The van der Waals surface area contributed by atoms with Crippen molar-refractivity contribution in [3.63, 3.8) is 0 Å². The normalized spacial score (nSPS) is 25.5. The maximum atomic E-state index is 13.1. The van der Waals surface area contributed by atoms with Crippen LogP contribution in [0.3, 0.4) is 0 Å². The van der Waals surface area contributed by atoms with E-state index >= 15 is 0 Å². The molecule has 2 fully saturated rings. The number of amides is 3. The molecule has 2 heterocycles. The quantitative estimate of drug-likeness (QED) is 0.477. The van der Waals surface area contributed by atoms with E-state index in [2.05, 4.69) is 0 Å². The first-order valence-electron chi connectivity index (χ1n) is 11.8. The van der Waals surface area contributed by atoms with Crippen LogP contribution in [0.4, 0.5) is 0 Å². The number of likely N-dealkylation sites (tertiary alicyclic amines) is 1. The lowest BCUT2D eigenvalue weighted by molar-refractivity contribution is -0.141. The lowest BCUT2D eigenvalue weighted by Crippen LogP contribution is -2.51. The minimum Gasteiger partial charge on any atom is -0.340 e. The van der Waals surface area contributed by atoms with Crippen LogP contribution in [0.5, 0.6) is 0 Å². The van der Waals surface area contributed by atoms with Gasteiger partial charge in [0.1, 0.15) is 0 Å². The standard InChI is InChI=1S/C24H29N3O5S/c28-22(10-11-27-23(29)20-6-1-2-7-21(20)24(27)30)25-12-14-26(15-13-25)33(31,32)19-9-8-17-4-3-5-18(17)16-19/h1-2,8-9,16,20-21H,3-7,10-15H2/t20-,21-/m1/s1. The van der Waals surface area contributed by atoms with E-state index in [1.807, 2.05) is 18.2 Å². The predicted octanol–water partition coefficient (Wildman–Crippen LogP) is 1.35. The Bertz CT molecular complexity index is 1090. The summed E-state index contributed by atoms with van der Waals surface area (Å²) in [5, 5.41) is 0. The highest BCUT2D eigenvalue weighted by Crippen LogP contribution is 2.35. The average Bonchev–Trinajstić information content (AvgIpc) is 3.40. The summed E-state index contributed by atoms with van der Waals surface area (Å²) in [6, 6.07) is 5.41. The molecule has 176 valence electrons. The molecule has 8 nitrogen and oxygen atoms in total. The fourth-order valence-corrected chi connectivity index (χ4v) is 6.96. The van der Waals surface area contributed by atoms with Crippen LogP contribution in [0.15, 0.2) is 35.2 Å². The van der Waals surface area contributed by atoms with Crippen molar-refractivity contribution in [2.24, 2.45) is 11.8 Å². The van der Waals surface area contributed by atoms with Crippen LogP contribution < -0.4 is 0 Å². The Labute approximate surface area is 194 Å². The fraction of sp³-hybridized carbons (Fsp3) is 0.542. The molecule has 2 saturated heterocycles. The Balaban J connectivity index is 1.15. The zero-order valence-corrected chi connectivity index (χ0v) is 19.4. The van der Waals surface area contributed by atoms with Crippen LogP contribution in [-0.2, 0) is 37.2 Å². The third-order valence-electron chi connectivity index (χ3n) is 7.45. The summed E-state index contributed by atoms with van der Waals surface area (Å²) >= 11 is 0. The molecular formula is C24H29N3O5S. The second-order valence-electron chi connectivity index (χ2n) is 9.30. The van der Waals surface area contributed by atoms with Gasteiger partial charge in [0.15, 0.2) is 0 Å². The number of carbonyl (C=O) groups is 3. The van der Waals surface area contributed by atoms with Gasteiger partial charge in [0.25, 0.3) is 0 Å². The Kier molecular flexibility index (Phi) is 5.86. The number of rotatable bonds is 5. The van der Waals surface area contributed by atoms with Gasteiger partial charge in [0.05, 0.1) is 16.7 Å². The Morgan fingerprint density at radius 1 is 0.909 bits per heavy atom. The molecule has 9 heteroatoms. The lowest BCUT2D eigenvalue weighted by Gasteiger charge is -2.34. The number of nitrogens with zero attached hydrogens (tertiary/aromatic N) is 3. The van der Waals surface area contributed by atoms with Crippen molar-refractivity contribution in [3.05, 3.63) is 41.5 Å². The van der Waals surface area contributed by atoms with Crippen molar-refractivity contribution in [3.8, 4) is 0 Å². The van der Waals surface area contributed by atoms with Gasteiger partial charge in [0.2, 0.25) is 27.7 Å². The van der Waals surface area contributed by atoms with Crippen molar-refractivity contribution in [2.45, 2.75) is 43.4 Å². The van der Waals surface area contributed by atoms with Crippen LogP contribution in [-0.4, -0.2) is 73.0 Å². The Hall–Kier alpha value is -2.52. The summed E-state index contributed by atoms with van der Waals surface area (Å²) in [5.41, 5.74) is 2.35. The first-order valence-corrected chi connectivity index (χ1v) is 13.2. The molecule has 4 aliphatic rings. The molecule has 0 bridgehead atoms. The van der Waals surface area contributed by atoms with Gasteiger partial charge in [-0.25, -0.2) is 8.42 Å². The van der Waals surface area contributed by atoms with Crippen LogP contribution in [0, 0.1) is 11.8 Å². The summed E-state index contributed by atoms with van der Waals surface area (Å²) in [7, 11) is -3.59. The van der Waals surface area contributed by atoms with Crippen LogP contribution in [0.2, 0.25) is 0 Å². The zero-order valence-electron chi connectivity index (χ0n) is 18.6. The number of benzene rings is 1. The van der Waals surface area contributed by atoms with E-state index in [0.717, 1.165) is 24.8 Å². The molecule has 5 rings (SSSR count). The van der Waals surface area contributed by atoms with E-state index in [-0.39, 0.29) is 55.6 Å². The summed E-state index contributed by atoms with van der Waals surface area (Å²) in [6.45, 7) is 1.18. The van der Waals surface area contributed by atoms with Crippen molar-refractivity contribution < 1.29 is 22.8 Å². The summed E-state index contributed by atoms with van der Waals surface area (Å²) in [4.78, 5) is 41.1. The number of imide groups is 1. The van der Waals surface area contributed by atoms with Crippen molar-refractivity contribution in [2.75, 3.05) is 32.7 Å². The number of sulfonamides is 1. The molecular weight excluding hydrogens is 442 g/mol. The van der Waals surface area contributed by atoms with Gasteiger partial charge in [-0.05, 0) is 55.4 Å². The average molecular weight is 472 g/mol. The van der Waals surface area contributed by atoms with E-state index in [9.17, 15) is 22.8 Å². The smallest absolute Gasteiger partial charge is 0.243 e. The van der Waals surface area contributed by atoms with Crippen LogP contribution >= 0.6 is 0 Å². The number of hydrogen-bond donors (Lipinski definition) is 0. The number of fused-ring (bicyclic) bond motifs is 2. The molecule has 0 unspecified atom stereocenters. The first kappa shape index (κ1) is 22.3. The molecule has 3 amide bonds. The molecule has 1 aromatic carbocycles. The van der Waals surface area contributed by atoms with E-state index in [1.165, 1.54) is 14.8 Å². The molecule has 0 saturated carbocycles. The van der Waals surface area contributed by atoms with Gasteiger partial charge >= 0.3 is 0 Å². The molecule has 2 aliphatic carbocycles. The second kappa shape index (κ2) is 8.68. The monoisotopic (exact) mass is 471 g/mol. The summed E-state index contributed by atoms with van der Waals surface area (Å²) < 4.78 is 27.6. The molecule has 2 aliphatic heterocycles. The number of hydrogen-bond acceptors (Lipinski definition) is 5. The predicted molar refractivity (Wildman–Crippen MR) is 120 cm³/mol. The highest BCUT2D eigenvalue weighted by Gasteiger charge is 2.47. The van der Waals surface area contributed by atoms with Crippen molar-refractivity contribution in [1.29, 1.82) is 0 Å². The highest BCUT2D eigenvalue weighted by atomic mass is 32.2. The van der Waals surface area contributed by atoms with E-state index < -0.39 is 10.0 Å². The van der Waals surface area contributed by atoms with Gasteiger partial charge in [0, 0.05) is 39.1 Å². The number of aryl methyl sites for hydroxylation is 2. The van der Waals surface area contributed by atoms with Gasteiger partial charge < -0.3 is 4.90 Å². The topological polar surface area (TPSA) is 95.1 Å². The Morgan fingerprint density at radius 2 is 1.55 bits per heavy atom. The van der Waals surface area contributed by atoms with Crippen molar-refractivity contribution in [1.82, 2.24) is 14.1 Å². The lowest BCUT2D eigenvalue weighted by atomic mass is 9.85. The first-order chi connectivity index (χ1) is 15.9. The molecule has 0 spiro atoms. The molecule has 1 aromatic rings. The molecule has 0 N–H and O–H groups in total. The maximum Gasteiger partial charge on any atom is 0.243 e. The fourth-order valence-electron chi connectivity index (χ4n) is 5.49. The molecule has 2 atom stereocenters. The van der Waals surface area contributed by atoms with E-state index in [1.54, 1.807) is 17.0 Å². The molecule has 33 heavy (non-hydrogen) atoms. The SMILES string of the molecule is O=C(CCN1C(=O)[C@@H]2CC=CC[C@H]2C1=O)N1CCN(S(=O)(=O)c2ccc3c(c2)CCC3)CC1. The summed E-state index contributed by atoms with van der Waals surface area (Å²) in [6.07, 6.45) is 8.11. The van der Waals surface area contributed by atoms with Gasteiger partial charge in [-0.15, -0.1) is 0 Å². The van der Waals surface area contributed by atoms with E-state index in [0.29, 0.717) is 30.8 Å². The zero-order chi connectivity index (χ0) is 23.2. The molecule has 0 aromatic heterocycles. The van der Waals surface area contributed by atoms with Crippen LogP contribution in [0.25, 0.3) is 0 Å². The maximum absolute atomic E-state index is 13.1. The number of piperazine rings is 1. The minimum absolute atomic E-state index is 0.0713. The minimum atomic E-state index is -3.59. The van der Waals surface area contributed by atoms with Crippen molar-refractivity contribution >= 4 is 27.7 Å². The summed E-state index contributed by atoms with van der Waals surface area (Å²) in [5.74, 6) is -1.07. The Morgan fingerprint density at radius 3 is 2.21 bits per heavy atom. The third kappa shape index (κ3) is 4.01. The number of carbonyl (C=O) groups excluding carboxylic acids is 3. The molecule has 0 radical (unpaired) electrons. The second-order valence-corrected chi connectivity index (χ2v) is 11.2. The van der Waals surface area contributed by atoms with Gasteiger partial charge in [-0.2, -0.15) is 4.31 Å². The van der Waals surface area contributed by atoms with E-state index in [4.69, 9.17) is 0 Å². The van der Waals surface area contributed by atoms with Gasteiger partial charge in [-0.1, -0.05) is 18.2 Å².